The minimum atomic E-state index is -0.380. The molecule has 0 fully saturated rings. The van der Waals surface area contributed by atoms with Crippen LogP contribution < -0.4 is 4.68 Å². The van der Waals surface area contributed by atoms with Gasteiger partial charge in [-0.05, 0) is 25.0 Å². The molecule has 0 radical (unpaired) electrons. The van der Waals surface area contributed by atoms with Crippen molar-refractivity contribution in [2.45, 2.75) is 20.8 Å². The lowest BCUT2D eigenvalue weighted by molar-refractivity contribution is -0.661. The number of nitrogens with zero attached hydrogens (tertiary/aromatic N) is 2. The lowest BCUT2D eigenvalue weighted by Gasteiger charge is -2.00. The van der Waals surface area contributed by atoms with E-state index in [1.807, 2.05) is 49.7 Å². The molecule has 0 atom stereocenters. The van der Waals surface area contributed by atoms with Gasteiger partial charge in [-0.15, -0.1) is 0 Å². The Balaban J connectivity index is 2.15. The molecule has 5 nitrogen and oxygen atoms in total. The smallest absolute Gasteiger partial charge is 0.258 e. The predicted molar refractivity (Wildman–Crippen MR) is 93.6 cm³/mol. The first-order chi connectivity index (χ1) is 11.4. The quantitative estimate of drug-likeness (QED) is 0.434. The number of hydrogen-bond acceptors (Lipinski definition) is 2. The Kier molecular flexibility index (Phi) is 4.11. The summed E-state index contributed by atoms with van der Waals surface area (Å²) in [5.74, 6) is 0. The molecule has 0 amide bonds. The van der Waals surface area contributed by atoms with Gasteiger partial charge in [0.1, 0.15) is 0 Å². The van der Waals surface area contributed by atoms with Crippen molar-refractivity contribution in [2.24, 2.45) is 0 Å². The zero-order valence-electron chi connectivity index (χ0n) is 13.6. The van der Waals surface area contributed by atoms with Gasteiger partial charge in [-0.3, -0.25) is 10.1 Å². The molecule has 0 spiro atoms. The van der Waals surface area contributed by atoms with Gasteiger partial charge in [0, 0.05) is 31.2 Å². The molecule has 0 saturated carbocycles. The topological polar surface area (TPSA) is 62.8 Å². The maximum absolute atomic E-state index is 11.0. The SMILES string of the molecule is Cc1ccc(-[n+]2[nH]c(C)c(-c3cccc([N+](=O)[O-])c3)c2C)cc1Cl. The van der Waals surface area contributed by atoms with Crippen LogP contribution in [0.2, 0.25) is 5.02 Å². The third-order valence-electron chi connectivity index (χ3n) is 4.11. The Morgan fingerprint density at radius 2 is 1.88 bits per heavy atom. The fourth-order valence-corrected chi connectivity index (χ4v) is 3.04. The highest BCUT2D eigenvalue weighted by Gasteiger charge is 2.23. The number of halogens is 1. The molecular weight excluding hydrogens is 326 g/mol. The van der Waals surface area contributed by atoms with Crippen molar-refractivity contribution >= 4 is 17.3 Å². The molecule has 6 heteroatoms. The molecule has 1 aromatic heterocycles. The molecule has 1 heterocycles. The number of nitrogens with one attached hydrogen (secondary N) is 1. The van der Waals surface area contributed by atoms with Crippen LogP contribution in [0.3, 0.4) is 0 Å². The molecule has 0 aliphatic heterocycles. The summed E-state index contributed by atoms with van der Waals surface area (Å²) in [6, 6.07) is 12.5. The third kappa shape index (κ3) is 2.78. The number of rotatable bonds is 3. The van der Waals surface area contributed by atoms with Crippen molar-refractivity contribution in [1.82, 2.24) is 5.10 Å². The Bertz CT molecular complexity index is 947. The van der Waals surface area contributed by atoms with Crippen LogP contribution in [0, 0.1) is 30.9 Å². The predicted octanol–water partition coefficient (Wildman–Crippen LogP) is 4.45. The Labute approximate surface area is 144 Å². The van der Waals surface area contributed by atoms with Crippen LogP contribution in [-0.2, 0) is 0 Å². The summed E-state index contributed by atoms with van der Waals surface area (Å²) in [5, 5.41) is 15.0. The highest BCUT2D eigenvalue weighted by molar-refractivity contribution is 6.31. The summed E-state index contributed by atoms with van der Waals surface area (Å²) in [6.45, 7) is 5.89. The summed E-state index contributed by atoms with van der Waals surface area (Å²) < 4.78 is 1.94. The van der Waals surface area contributed by atoms with Gasteiger partial charge in [-0.25, -0.2) is 0 Å². The van der Waals surface area contributed by atoms with Gasteiger partial charge < -0.3 is 0 Å². The Morgan fingerprint density at radius 3 is 2.54 bits per heavy atom. The highest BCUT2D eigenvalue weighted by Crippen LogP contribution is 2.28. The molecular formula is C18H17ClN3O2+. The highest BCUT2D eigenvalue weighted by atomic mass is 35.5. The fraction of sp³-hybridized carbons (Fsp3) is 0.167. The van der Waals surface area contributed by atoms with Crippen molar-refractivity contribution in [1.29, 1.82) is 0 Å². The molecule has 0 bridgehead atoms. The van der Waals surface area contributed by atoms with Gasteiger partial charge in [0.25, 0.3) is 5.69 Å². The zero-order chi connectivity index (χ0) is 17.4. The molecule has 0 aliphatic carbocycles. The third-order valence-corrected chi connectivity index (χ3v) is 4.52. The normalized spacial score (nSPS) is 10.8. The number of nitro benzene ring substituents is 1. The van der Waals surface area contributed by atoms with Gasteiger partial charge in [-0.2, -0.15) is 5.10 Å². The summed E-state index contributed by atoms with van der Waals surface area (Å²) in [7, 11) is 0. The van der Waals surface area contributed by atoms with Crippen LogP contribution >= 0.6 is 11.6 Å². The first kappa shape index (κ1) is 16.2. The first-order valence-electron chi connectivity index (χ1n) is 7.51. The Hall–Kier alpha value is -2.66. The average Bonchev–Trinajstić information content (AvgIpc) is 2.85. The minimum absolute atomic E-state index is 0.0810. The molecule has 2 aromatic carbocycles. The fourth-order valence-electron chi connectivity index (χ4n) is 2.87. The summed E-state index contributed by atoms with van der Waals surface area (Å²) in [4.78, 5) is 10.6. The second kappa shape index (κ2) is 6.09. The lowest BCUT2D eigenvalue weighted by atomic mass is 10.0. The standard InChI is InChI=1S/C18H16ClN3O2/c1-11-7-8-15(10-17(11)19)21-13(3)18(12(2)20-21)14-5-4-6-16(9-14)22(23)24/h4-10H,1-3H3/p+1. The number of hydrogen-bond donors (Lipinski definition) is 1. The second-order valence-electron chi connectivity index (χ2n) is 5.77. The van der Waals surface area contributed by atoms with Gasteiger partial charge in [0.15, 0.2) is 0 Å². The number of nitro groups is 1. The Morgan fingerprint density at radius 1 is 1.12 bits per heavy atom. The molecule has 122 valence electrons. The van der Waals surface area contributed by atoms with Gasteiger partial charge in [0.05, 0.1) is 21.2 Å². The van der Waals surface area contributed by atoms with Crippen molar-refractivity contribution in [3.63, 3.8) is 0 Å². The van der Waals surface area contributed by atoms with Crippen molar-refractivity contribution in [2.75, 3.05) is 0 Å². The monoisotopic (exact) mass is 342 g/mol. The van der Waals surface area contributed by atoms with E-state index in [-0.39, 0.29) is 10.6 Å². The largest absolute Gasteiger partial charge is 0.270 e. The summed E-state index contributed by atoms with van der Waals surface area (Å²) in [6.07, 6.45) is 0. The van der Waals surface area contributed by atoms with Crippen molar-refractivity contribution in [3.05, 3.63) is 74.6 Å². The van der Waals surface area contributed by atoms with Crippen LogP contribution in [-0.4, -0.2) is 10.0 Å². The van der Waals surface area contributed by atoms with E-state index >= 15 is 0 Å². The minimum Gasteiger partial charge on any atom is -0.258 e. The number of non-ortho nitro benzene ring substituents is 1. The maximum Gasteiger partial charge on any atom is 0.270 e. The number of H-pyrrole nitrogens is 1. The van der Waals surface area contributed by atoms with Gasteiger partial charge in [0.2, 0.25) is 11.4 Å². The van der Waals surface area contributed by atoms with E-state index in [9.17, 15) is 10.1 Å². The van der Waals surface area contributed by atoms with E-state index in [4.69, 9.17) is 11.6 Å². The van der Waals surface area contributed by atoms with E-state index in [1.54, 1.807) is 12.1 Å². The number of aromatic amines is 1. The number of aryl methyl sites for hydroxylation is 2. The first-order valence-corrected chi connectivity index (χ1v) is 7.89. The van der Waals surface area contributed by atoms with Gasteiger partial charge >= 0.3 is 0 Å². The molecule has 0 aliphatic rings. The van der Waals surface area contributed by atoms with Crippen LogP contribution in [0.15, 0.2) is 42.5 Å². The van der Waals surface area contributed by atoms with Crippen LogP contribution in [0.1, 0.15) is 17.0 Å². The molecule has 1 N–H and O–H groups in total. The van der Waals surface area contributed by atoms with Gasteiger partial charge in [-0.1, -0.05) is 34.5 Å². The van der Waals surface area contributed by atoms with E-state index in [1.165, 1.54) is 6.07 Å². The summed E-state index contributed by atoms with van der Waals surface area (Å²) >= 11 is 6.23. The lowest BCUT2D eigenvalue weighted by Crippen LogP contribution is -2.35. The zero-order valence-corrected chi connectivity index (χ0v) is 14.4. The van der Waals surface area contributed by atoms with E-state index in [2.05, 4.69) is 5.10 Å². The maximum atomic E-state index is 11.0. The van der Waals surface area contributed by atoms with Crippen LogP contribution in [0.25, 0.3) is 16.8 Å². The molecule has 3 aromatic rings. The number of benzene rings is 2. The molecule has 0 saturated heterocycles. The second-order valence-corrected chi connectivity index (χ2v) is 6.18. The van der Waals surface area contributed by atoms with Crippen molar-refractivity contribution in [3.8, 4) is 16.8 Å². The van der Waals surface area contributed by atoms with Crippen LogP contribution in [0.5, 0.6) is 0 Å². The molecule has 0 unspecified atom stereocenters. The van der Waals surface area contributed by atoms with E-state index in [0.717, 1.165) is 33.8 Å². The average molecular weight is 343 g/mol. The van der Waals surface area contributed by atoms with E-state index < -0.39 is 0 Å². The number of aromatic nitrogens is 2. The summed E-state index contributed by atoms with van der Waals surface area (Å²) in [5.41, 5.74) is 5.68. The molecule has 24 heavy (non-hydrogen) atoms. The van der Waals surface area contributed by atoms with Crippen LogP contribution in [0.4, 0.5) is 5.69 Å². The van der Waals surface area contributed by atoms with E-state index in [0.29, 0.717) is 5.02 Å². The van der Waals surface area contributed by atoms with Crippen molar-refractivity contribution < 1.29 is 9.61 Å². The molecule has 3 rings (SSSR count).